The van der Waals surface area contributed by atoms with Crippen LogP contribution >= 0.6 is 0 Å². The van der Waals surface area contributed by atoms with Crippen LogP contribution in [0.4, 0.5) is 18.9 Å². The molecule has 2 aromatic carbocycles. The topological polar surface area (TPSA) is 100 Å². The summed E-state index contributed by atoms with van der Waals surface area (Å²) in [5, 5.41) is 6.53. The molecule has 1 N–H and O–H groups in total. The standard InChI is InChI=1S/C31H26F3N5O4/c1-4-42-27-10-12-38(21-7-5-20(32)6-8-21)31(41)29(27)30(40)37-26-14-24(34)28(15-23(26)33)43-22-9-11-35-25(13-22)19-16-36-39(17-19)18(2)3/h5-18H,4H2,1-3H3,(H,37,40). The molecule has 0 unspecified atom stereocenters. The van der Waals surface area contributed by atoms with Crippen molar-refractivity contribution in [2.75, 3.05) is 11.9 Å². The molecule has 0 fully saturated rings. The summed E-state index contributed by atoms with van der Waals surface area (Å²) >= 11 is 0. The minimum absolute atomic E-state index is 0.0587. The van der Waals surface area contributed by atoms with Gasteiger partial charge in [0.25, 0.3) is 11.5 Å². The molecule has 0 aliphatic heterocycles. The zero-order valence-corrected chi connectivity index (χ0v) is 23.3. The molecular weight excluding hydrogens is 563 g/mol. The van der Waals surface area contributed by atoms with E-state index in [0.29, 0.717) is 5.69 Å². The van der Waals surface area contributed by atoms with Crippen molar-refractivity contribution in [2.45, 2.75) is 26.8 Å². The fraction of sp³-hybridized carbons (Fsp3) is 0.161. The summed E-state index contributed by atoms with van der Waals surface area (Å²) in [7, 11) is 0. The quantitative estimate of drug-likeness (QED) is 0.210. The molecule has 0 aliphatic rings. The number of benzene rings is 2. The number of halogens is 3. The van der Waals surface area contributed by atoms with E-state index >= 15 is 8.78 Å². The third-order valence-electron chi connectivity index (χ3n) is 6.34. The average Bonchev–Trinajstić information content (AvgIpc) is 3.48. The maximum absolute atomic E-state index is 15.1. The van der Waals surface area contributed by atoms with E-state index in [1.807, 2.05) is 20.0 Å². The molecule has 0 aliphatic carbocycles. The molecule has 0 bridgehead atoms. The normalized spacial score (nSPS) is 11.0. The highest BCUT2D eigenvalue weighted by Crippen LogP contribution is 2.31. The number of hydrogen-bond acceptors (Lipinski definition) is 6. The van der Waals surface area contributed by atoms with E-state index in [1.54, 1.807) is 23.9 Å². The predicted molar refractivity (Wildman–Crippen MR) is 153 cm³/mol. The number of pyridine rings is 2. The third-order valence-corrected chi connectivity index (χ3v) is 6.34. The molecule has 1 amide bonds. The second kappa shape index (κ2) is 12.2. The second-order valence-electron chi connectivity index (χ2n) is 9.64. The van der Waals surface area contributed by atoms with Gasteiger partial charge in [0.05, 0.1) is 24.2 Å². The highest BCUT2D eigenvalue weighted by molar-refractivity contribution is 6.06. The molecule has 5 rings (SSSR count). The van der Waals surface area contributed by atoms with Crippen LogP contribution in [0.2, 0.25) is 0 Å². The molecule has 3 heterocycles. The fourth-order valence-corrected chi connectivity index (χ4v) is 4.21. The van der Waals surface area contributed by atoms with Gasteiger partial charge in [0.2, 0.25) is 0 Å². The Kier molecular flexibility index (Phi) is 8.28. The number of hydrogen-bond donors (Lipinski definition) is 1. The van der Waals surface area contributed by atoms with Gasteiger partial charge in [0, 0.05) is 54.1 Å². The van der Waals surface area contributed by atoms with E-state index < -0.39 is 45.9 Å². The van der Waals surface area contributed by atoms with Crippen molar-refractivity contribution in [1.29, 1.82) is 0 Å². The molecule has 0 saturated carbocycles. The lowest BCUT2D eigenvalue weighted by Crippen LogP contribution is -2.29. The Morgan fingerprint density at radius 3 is 2.47 bits per heavy atom. The fourth-order valence-electron chi connectivity index (χ4n) is 4.21. The predicted octanol–water partition coefficient (Wildman–Crippen LogP) is 6.54. The number of rotatable bonds is 9. The lowest BCUT2D eigenvalue weighted by Gasteiger charge is -2.14. The van der Waals surface area contributed by atoms with E-state index in [2.05, 4.69) is 15.4 Å². The number of nitrogens with one attached hydrogen (secondary N) is 1. The first-order chi connectivity index (χ1) is 20.6. The van der Waals surface area contributed by atoms with Crippen LogP contribution in [0.3, 0.4) is 0 Å². The summed E-state index contributed by atoms with van der Waals surface area (Å²) in [6.45, 7) is 5.75. The van der Waals surface area contributed by atoms with E-state index in [1.165, 1.54) is 36.7 Å². The second-order valence-corrected chi connectivity index (χ2v) is 9.64. The molecule has 0 saturated heterocycles. The van der Waals surface area contributed by atoms with Gasteiger partial charge >= 0.3 is 0 Å². The summed E-state index contributed by atoms with van der Waals surface area (Å²) in [5.41, 5.74) is -0.244. The largest absolute Gasteiger partial charge is 0.493 e. The number of amides is 1. The minimum atomic E-state index is -1.03. The van der Waals surface area contributed by atoms with Crippen molar-refractivity contribution in [2.24, 2.45) is 0 Å². The zero-order chi connectivity index (χ0) is 30.7. The van der Waals surface area contributed by atoms with Crippen molar-refractivity contribution < 1.29 is 27.4 Å². The Morgan fingerprint density at radius 2 is 1.77 bits per heavy atom. The zero-order valence-electron chi connectivity index (χ0n) is 23.3. The molecule has 0 spiro atoms. The molecule has 0 radical (unpaired) electrons. The third kappa shape index (κ3) is 6.27. The van der Waals surface area contributed by atoms with Crippen LogP contribution < -0.4 is 20.3 Å². The van der Waals surface area contributed by atoms with E-state index in [9.17, 15) is 14.0 Å². The Bertz CT molecular complexity index is 1850. The number of nitrogens with zero attached hydrogens (tertiary/aromatic N) is 4. The average molecular weight is 590 g/mol. The van der Waals surface area contributed by atoms with Gasteiger partial charge in [-0.25, -0.2) is 13.2 Å². The van der Waals surface area contributed by atoms with E-state index in [-0.39, 0.29) is 29.8 Å². The molecule has 9 nitrogen and oxygen atoms in total. The van der Waals surface area contributed by atoms with E-state index in [0.717, 1.165) is 34.4 Å². The summed E-state index contributed by atoms with van der Waals surface area (Å²) < 4.78 is 57.5. The summed E-state index contributed by atoms with van der Waals surface area (Å²) in [4.78, 5) is 30.8. The van der Waals surface area contributed by atoms with Crippen LogP contribution in [0.1, 0.15) is 37.2 Å². The maximum atomic E-state index is 15.1. The van der Waals surface area contributed by atoms with Crippen molar-refractivity contribution in [3.63, 3.8) is 0 Å². The van der Waals surface area contributed by atoms with Crippen molar-refractivity contribution >= 4 is 11.6 Å². The van der Waals surface area contributed by atoms with E-state index in [4.69, 9.17) is 9.47 Å². The van der Waals surface area contributed by atoms with Crippen molar-refractivity contribution in [3.8, 4) is 34.2 Å². The number of carbonyl (C=O) groups excluding carboxylic acids is 1. The molecule has 3 aromatic heterocycles. The molecule has 0 atom stereocenters. The SMILES string of the molecule is CCOc1ccn(-c2ccc(F)cc2)c(=O)c1C(=O)Nc1cc(F)c(Oc2ccnc(-c3cnn(C(C)C)c3)c2)cc1F. The van der Waals surface area contributed by atoms with Crippen molar-refractivity contribution in [1.82, 2.24) is 19.3 Å². The summed E-state index contributed by atoms with van der Waals surface area (Å²) in [6.07, 6.45) is 6.29. The van der Waals surface area contributed by atoms with Gasteiger partial charge in [0.1, 0.15) is 22.9 Å². The van der Waals surface area contributed by atoms with Gasteiger partial charge in [-0.1, -0.05) is 0 Å². The van der Waals surface area contributed by atoms with Gasteiger partial charge in [-0.05, 0) is 57.2 Å². The number of anilines is 1. The maximum Gasteiger partial charge on any atom is 0.271 e. The molecular formula is C31H26F3N5O4. The Morgan fingerprint density at radius 1 is 1.00 bits per heavy atom. The first kappa shape index (κ1) is 29.1. The molecule has 43 heavy (non-hydrogen) atoms. The molecule has 220 valence electrons. The highest BCUT2D eigenvalue weighted by Gasteiger charge is 2.22. The van der Waals surface area contributed by atoms with Gasteiger partial charge in [0.15, 0.2) is 17.4 Å². The highest BCUT2D eigenvalue weighted by atomic mass is 19.1. The van der Waals surface area contributed by atoms with Gasteiger partial charge < -0.3 is 14.8 Å². The Balaban J connectivity index is 1.40. The van der Waals surface area contributed by atoms with Crippen LogP contribution in [0.15, 0.2) is 84.2 Å². The smallest absolute Gasteiger partial charge is 0.271 e. The Hall–Kier alpha value is -5.39. The summed E-state index contributed by atoms with van der Waals surface area (Å²) in [6, 6.07) is 11.1. The van der Waals surface area contributed by atoms with Crippen molar-refractivity contribution in [3.05, 3.63) is 113 Å². The molecule has 12 heteroatoms. The lowest BCUT2D eigenvalue weighted by molar-refractivity contribution is 0.102. The minimum Gasteiger partial charge on any atom is -0.493 e. The number of aromatic nitrogens is 4. The first-order valence-electron chi connectivity index (χ1n) is 13.3. The van der Waals surface area contributed by atoms with Crippen LogP contribution in [0.5, 0.6) is 17.2 Å². The van der Waals surface area contributed by atoms with Gasteiger partial charge in [-0.2, -0.15) is 5.10 Å². The first-order valence-corrected chi connectivity index (χ1v) is 13.3. The lowest BCUT2D eigenvalue weighted by atomic mass is 10.2. The van der Waals surface area contributed by atoms with Crippen LogP contribution in [-0.2, 0) is 0 Å². The number of ether oxygens (including phenoxy) is 2. The monoisotopic (exact) mass is 589 g/mol. The summed E-state index contributed by atoms with van der Waals surface area (Å²) in [5.74, 6) is -3.80. The van der Waals surface area contributed by atoms with Crippen LogP contribution in [0, 0.1) is 17.5 Å². The van der Waals surface area contributed by atoms with Crippen LogP contribution in [-0.4, -0.2) is 31.8 Å². The molecule has 5 aromatic rings. The number of carbonyl (C=O) groups is 1. The van der Waals surface area contributed by atoms with Crippen LogP contribution in [0.25, 0.3) is 16.9 Å². The van der Waals surface area contributed by atoms with Gasteiger partial charge in [-0.15, -0.1) is 0 Å². The Labute approximate surface area is 244 Å². The van der Waals surface area contributed by atoms with Gasteiger partial charge in [-0.3, -0.25) is 23.8 Å².